The van der Waals surface area contributed by atoms with Crippen LogP contribution >= 0.6 is 0 Å². The molecule has 0 heterocycles. The highest BCUT2D eigenvalue weighted by atomic mass is 14.9. The van der Waals surface area contributed by atoms with Crippen molar-refractivity contribution in [3.05, 3.63) is 0 Å². The van der Waals surface area contributed by atoms with Crippen molar-refractivity contribution >= 4 is 0 Å². The maximum atomic E-state index is 3.75. The van der Waals surface area contributed by atoms with Crippen LogP contribution < -0.4 is 5.32 Å². The first-order chi connectivity index (χ1) is 8.56. The van der Waals surface area contributed by atoms with E-state index in [9.17, 15) is 0 Å². The van der Waals surface area contributed by atoms with Crippen LogP contribution in [0.1, 0.15) is 78.6 Å². The summed E-state index contributed by atoms with van der Waals surface area (Å²) in [6, 6.07) is 0. The van der Waals surface area contributed by atoms with Gasteiger partial charge in [0.05, 0.1) is 0 Å². The minimum Gasteiger partial charge on any atom is -0.312 e. The van der Waals surface area contributed by atoms with Crippen molar-refractivity contribution in [3.8, 4) is 0 Å². The molecule has 1 heteroatoms. The second-order valence-corrected chi connectivity index (χ2v) is 7.74. The molecule has 2 aliphatic rings. The van der Waals surface area contributed by atoms with Crippen molar-refractivity contribution < 1.29 is 0 Å². The van der Waals surface area contributed by atoms with Gasteiger partial charge in [0.2, 0.25) is 0 Å². The van der Waals surface area contributed by atoms with Gasteiger partial charge in [0.1, 0.15) is 0 Å². The topological polar surface area (TPSA) is 12.0 Å². The molecule has 0 aromatic carbocycles. The van der Waals surface area contributed by atoms with Gasteiger partial charge in [0.25, 0.3) is 0 Å². The molecular weight excluding hydrogens is 218 g/mol. The predicted octanol–water partition coefficient (Wildman–Crippen LogP) is 4.76. The van der Waals surface area contributed by atoms with Crippen LogP contribution in [0.5, 0.6) is 0 Å². The van der Waals surface area contributed by atoms with Gasteiger partial charge in [-0.05, 0) is 57.9 Å². The zero-order valence-corrected chi connectivity index (χ0v) is 12.8. The fraction of sp³-hybridized carbons (Fsp3) is 1.00. The lowest BCUT2D eigenvalue weighted by Gasteiger charge is -2.31. The normalized spacial score (nSPS) is 31.5. The third kappa shape index (κ3) is 4.26. The Bertz CT molecular complexity index is 232. The van der Waals surface area contributed by atoms with E-state index in [0.29, 0.717) is 0 Å². The summed E-state index contributed by atoms with van der Waals surface area (Å²) >= 11 is 0. The monoisotopic (exact) mass is 251 g/mol. The third-order valence-electron chi connectivity index (χ3n) is 5.12. The number of rotatable bonds is 3. The SMILES string of the molecule is CC(C)(C)NCC1CCCC1C1CCCCCC1. The minimum atomic E-state index is 0.288. The third-order valence-corrected chi connectivity index (χ3v) is 5.12. The van der Waals surface area contributed by atoms with Crippen LogP contribution in [0.4, 0.5) is 0 Å². The quantitative estimate of drug-likeness (QED) is 0.713. The first-order valence-corrected chi connectivity index (χ1v) is 8.31. The van der Waals surface area contributed by atoms with E-state index in [4.69, 9.17) is 0 Å². The molecule has 0 aliphatic heterocycles. The summed E-state index contributed by atoms with van der Waals surface area (Å²) in [5, 5.41) is 3.75. The number of hydrogen-bond donors (Lipinski definition) is 1. The average molecular weight is 251 g/mol. The van der Waals surface area contributed by atoms with E-state index in [1.54, 1.807) is 0 Å². The summed E-state index contributed by atoms with van der Waals surface area (Å²) in [7, 11) is 0. The smallest absolute Gasteiger partial charge is 0.00966 e. The van der Waals surface area contributed by atoms with Crippen LogP contribution in [0.25, 0.3) is 0 Å². The van der Waals surface area contributed by atoms with Crippen molar-refractivity contribution in [2.75, 3.05) is 6.54 Å². The van der Waals surface area contributed by atoms with Gasteiger partial charge in [-0.15, -0.1) is 0 Å². The molecule has 2 atom stereocenters. The maximum absolute atomic E-state index is 3.75. The standard InChI is InChI=1S/C17H33N/c1-17(2,3)18-13-15-11-8-12-16(15)14-9-6-4-5-7-10-14/h14-16,18H,4-13H2,1-3H3. The highest BCUT2D eigenvalue weighted by molar-refractivity contribution is 4.86. The van der Waals surface area contributed by atoms with Crippen LogP contribution in [-0.4, -0.2) is 12.1 Å². The lowest BCUT2D eigenvalue weighted by molar-refractivity contribution is 0.220. The molecule has 106 valence electrons. The first kappa shape index (κ1) is 14.4. The molecule has 2 rings (SSSR count). The molecule has 0 spiro atoms. The maximum Gasteiger partial charge on any atom is 0.00966 e. The zero-order valence-electron chi connectivity index (χ0n) is 12.8. The van der Waals surface area contributed by atoms with Crippen LogP contribution in [0.3, 0.4) is 0 Å². The molecule has 0 radical (unpaired) electrons. The fourth-order valence-corrected chi connectivity index (χ4v) is 4.12. The van der Waals surface area contributed by atoms with Crippen molar-refractivity contribution in [3.63, 3.8) is 0 Å². The Balaban J connectivity index is 1.85. The molecule has 2 unspecified atom stereocenters. The van der Waals surface area contributed by atoms with E-state index in [2.05, 4.69) is 26.1 Å². The van der Waals surface area contributed by atoms with E-state index in [-0.39, 0.29) is 5.54 Å². The molecule has 0 saturated heterocycles. The molecule has 2 saturated carbocycles. The lowest BCUT2D eigenvalue weighted by Crippen LogP contribution is -2.40. The van der Waals surface area contributed by atoms with Crippen LogP contribution in [0, 0.1) is 17.8 Å². The van der Waals surface area contributed by atoms with E-state index in [1.165, 1.54) is 64.3 Å². The Morgan fingerprint density at radius 3 is 2.11 bits per heavy atom. The molecule has 0 bridgehead atoms. The molecule has 1 nitrogen and oxygen atoms in total. The molecule has 0 aromatic rings. The van der Waals surface area contributed by atoms with Crippen LogP contribution in [-0.2, 0) is 0 Å². The van der Waals surface area contributed by atoms with Crippen LogP contribution in [0.2, 0.25) is 0 Å². The molecule has 0 amide bonds. The van der Waals surface area contributed by atoms with Gasteiger partial charge >= 0.3 is 0 Å². The second kappa shape index (κ2) is 6.41. The van der Waals surface area contributed by atoms with E-state index >= 15 is 0 Å². The van der Waals surface area contributed by atoms with Crippen molar-refractivity contribution in [2.24, 2.45) is 17.8 Å². The number of hydrogen-bond acceptors (Lipinski definition) is 1. The van der Waals surface area contributed by atoms with Crippen LogP contribution in [0.15, 0.2) is 0 Å². The highest BCUT2D eigenvalue weighted by Gasteiger charge is 2.33. The van der Waals surface area contributed by atoms with Gasteiger partial charge in [0.15, 0.2) is 0 Å². The Morgan fingerprint density at radius 2 is 1.50 bits per heavy atom. The zero-order chi connectivity index (χ0) is 13.0. The lowest BCUT2D eigenvalue weighted by atomic mass is 9.79. The van der Waals surface area contributed by atoms with Gasteiger partial charge < -0.3 is 5.32 Å². The summed E-state index contributed by atoms with van der Waals surface area (Å²) in [6.07, 6.45) is 13.5. The van der Waals surface area contributed by atoms with E-state index in [0.717, 1.165) is 17.8 Å². The Kier molecular flexibility index (Phi) is 5.12. The average Bonchev–Trinajstić information content (AvgIpc) is 2.59. The molecule has 1 N–H and O–H groups in total. The van der Waals surface area contributed by atoms with Crippen molar-refractivity contribution in [1.82, 2.24) is 5.32 Å². The molecule has 2 aliphatic carbocycles. The van der Waals surface area contributed by atoms with Gasteiger partial charge in [0, 0.05) is 5.54 Å². The van der Waals surface area contributed by atoms with Gasteiger partial charge in [-0.25, -0.2) is 0 Å². The van der Waals surface area contributed by atoms with E-state index in [1.807, 2.05) is 0 Å². The van der Waals surface area contributed by atoms with Gasteiger partial charge in [-0.1, -0.05) is 44.9 Å². The first-order valence-electron chi connectivity index (χ1n) is 8.31. The van der Waals surface area contributed by atoms with E-state index < -0.39 is 0 Å². The summed E-state index contributed by atoms with van der Waals surface area (Å²) < 4.78 is 0. The molecular formula is C17H33N. The summed E-state index contributed by atoms with van der Waals surface area (Å²) in [5.74, 6) is 3.06. The Hall–Kier alpha value is -0.0400. The Labute approximate surface area is 114 Å². The largest absolute Gasteiger partial charge is 0.312 e. The summed E-state index contributed by atoms with van der Waals surface area (Å²) in [4.78, 5) is 0. The van der Waals surface area contributed by atoms with Crippen molar-refractivity contribution in [2.45, 2.75) is 84.1 Å². The number of nitrogens with one attached hydrogen (secondary N) is 1. The molecule has 2 fully saturated rings. The van der Waals surface area contributed by atoms with Crippen molar-refractivity contribution in [1.29, 1.82) is 0 Å². The molecule has 0 aromatic heterocycles. The fourth-order valence-electron chi connectivity index (χ4n) is 4.12. The molecule has 18 heavy (non-hydrogen) atoms. The highest BCUT2D eigenvalue weighted by Crippen LogP contribution is 2.42. The second-order valence-electron chi connectivity index (χ2n) is 7.74. The predicted molar refractivity (Wildman–Crippen MR) is 79.8 cm³/mol. The summed E-state index contributed by atoms with van der Waals surface area (Å²) in [5.41, 5.74) is 0.288. The Morgan fingerprint density at radius 1 is 0.833 bits per heavy atom. The van der Waals surface area contributed by atoms with Gasteiger partial charge in [-0.3, -0.25) is 0 Å². The minimum absolute atomic E-state index is 0.288. The summed E-state index contributed by atoms with van der Waals surface area (Å²) in [6.45, 7) is 8.14. The van der Waals surface area contributed by atoms with Gasteiger partial charge in [-0.2, -0.15) is 0 Å².